The molecule has 2 heterocycles. The Morgan fingerprint density at radius 1 is 1.09 bits per heavy atom. The predicted molar refractivity (Wildman–Crippen MR) is 132 cm³/mol. The van der Waals surface area contributed by atoms with Crippen LogP contribution in [0.5, 0.6) is 5.75 Å². The van der Waals surface area contributed by atoms with Gasteiger partial charge < -0.3 is 19.3 Å². The molecule has 2 aliphatic heterocycles. The Bertz CT molecular complexity index is 1060. The maximum atomic E-state index is 13.7. The molecule has 6 nitrogen and oxygen atoms in total. The molecule has 2 aromatic carbocycles. The third kappa shape index (κ3) is 5.50. The first-order valence-electron chi connectivity index (χ1n) is 12.4. The molecule has 7 heteroatoms. The van der Waals surface area contributed by atoms with E-state index in [2.05, 4.69) is 0 Å². The van der Waals surface area contributed by atoms with Crippen LogP contribution in [-0.2, 0) is 20.7 Å². The van der Waals surface area contributed by atoms with Gasteiger partial charge >= 0.3 is 0 Å². The lowest BCUT2D eigenvalue weighted by Gasteiger charge is -2.41. The van der Waals surface area contributed by atoms with Crippen molar-refractivity contribution in [2.75, 3.05) is 32.8 Å². The van der Waals surface area contributed by atoms with Crippen molar-refractivity contribution in [2.45, 2.75) is 52.7 Å². The third-order valence-corrected chi connectivity index (χ3v) is 6.68. The van der Waals surface area contributed by atoms with Crippen molar-refractivity contribution >= 4 is 11.8 Å². The molecule has 0 unspecified atom stereocenters. The van der Waals surface area contributed by atoms with E-state index in [0.29, 0.717) is 45.0 Å². The number of hydrogen-bond donors (Lipinski definition) is 0. The number of carbonyl (C=O) groups is 2. The van der Waals surface area contributed by atoms with E-state index in [9.17, 15) is 14.0 Å². The van der Waals surface area contributed by atoms with E-state index in [-0.39, 0.29) is 23.7 Å². The number of morpholine rings is 1. The van der Waals surface area contributed by atoms with E-state index in [1.807, 2.05) is 50.8 Å². The van der Waals surface area contributed by atoms with Crippen molar-refractivity contribution in [3.05, 3.63) is 65.0 Å². The van der Waals surface area contributed by atoms with Gasteiger partial charge in [-0.05, 0) is 53.8 Å². The number of amides is 2. The van der Waals surface area contributed by atoms with Gasteiger partial charge in [-0.3, -0.25) is 9.59 Å². The lowest BCUT2D eigenvalue weighted by Crippen LogP contribution is -2.47. The molecule has 0 N–H and O–H groups in total. The average molecular weight is 483 g/mol. The molecule has 2 amide bonds. The summed E-state index contributed by atoms with van der Waals surface area (Å²) < 4.78 is 25.3. The molecule has 0 spiro atoms. The van der Waals surface area contributed by atoms with E-state index >= 15 is 0 Å². The Morgan fingerprint density at radius 2 is 1.77 bits per heavy atom. The molecule has 188 valence electrons. The number of rotatable bonds is 5. The molecule has 2 aliphatic rings. The Labute approximate surface area is 207 Å². The van der Waals surface area contributed by atoms with Gasteiger partial charge in [-0.1, -0.05) is 45.9 Å². The average Bonchev–Trinajstić information content (AvgIpc) is 2.86. The van der Waals surface area contributed by atoms with Crippen LogP contribution in [0.4, 0.5) is 4.39 Å². The molecule has 1 saturated heterocycles. The number of hydrogen-bond acceptors (Lipinski definition) is 4. The van der Waals surface area contributed by atoms with Crippen LogP contribution < -0.4 is 4.74 Å². The third-order valence-electron chi connectivity index (χ3n) is 6.68. The monoisotopic (exact) mass is 482 g/mol. The standard InChI is InChI=1S/C28H35FN2O4/c1-5-24(26(32)30-14-16-34-17-15-30)35-22-11-8-19-12-13-31(27(33)28(2,3)4)25(23(19)18-22)20-6-9-21(29)10-7-20/h6-11,18,24-25H,5,12-17H2,1-4H3/t24-,25-/m0/s1. The van der Waals surface area contributed by atoms with Gasteiger partial charge in [-0.2, -0.15) is 0 Å². The summed E-state index contributed by atoms with van der Waals surface area (Å²) in [4.78, 5) is 30.1. The fraction of sp³-hybridized carbons (Fsp3) is 0.500. The van der Waals surface area contributed by atoms with Crippen LogP contribution in [0.15, 0.2) is 42.5 Å². The highest BCUT2D eigenvalue weighted by molar-refractivity contribution is 5.83. The van der Waals surface area contributed by atoms with Crippen molar-refractivity contribution in [3.8, 4) is 5.75 Å². The zero-order chi connectivity index (χ0) is 25.2. The van der Waals surface area contributed by atoms with Crippen LogP contribution in [0.1, 0.15) is 56.8 Å². The van der Waals surface area contributed by atoms with Gasteiger partial charge in [0.15, 0.2) is 6.10 Å². The summed E-state index contributed by atoms with van der Waals surface area (Å²) in [6.45, 7) is 10.5. The van der Waals surface area contributed by atoms with E-state index in [4.69, 9.17) is 9.47 Å². The molecule has 2 atom stereocenters. The highest BCUT2D eigenvalue weighted by Crippen LogP contribution is 2.39. The van der Waals surface area contributed by atoms with Crippen molar-refractivity contribution < 1.29 is 23.5 Å². The van der Waals surface area contributed by atoms with E-state index in [1.54, 1.807) is 17.0 Å². The lowest BCUT2D eigenvalue weighted by molar-refractivity contribution is -0.143. The zero-order valence-corrected chi connectivity index (χ0v) is 21.1. The fourth-order valence-electron chi connectivity index (χ4n) is 4.78. The van der Waals surface area contributed by atoms with Crippen LogP contribution in [0.3, 0.4) is 0 Å². The number of carbonyl (C=O) groups excluding carboxylic acids is 2. The molecule has 1 fully saturated rings. The Morgan fingerprint density at radius 3 is 2.40 bits per heavy atom. The second-order valence-corrected chi connectivity index (χ2v) is 10.3. The van der Waals surface area contributed by atoms with E-state index < -0.39 is 11.5 Å². The Hall–Kier alpha value is -2.93. The van der Waals surface area contributed by atoms with E-state index in [0.717, 1.165) is 23.1 Å². The first-order valence-corrected chi connectivity index (χ1v) is 12.4. The minimum absolute atomic E-state index is 0.0341. The fourth-order valence-corrected chi connectivity index (χ4v) is 4.78. The highest BCUT2D eigenvalue weighted by Gasteiger charge is 2.37. The molecule has 0 radical (unpaired) electrons. The largest absolute Gasteiger partial charge is 0.481 e. The van der Waals surface area contributed by atoms with Crippen molar-refractivity contribution in [1.29, 1.82) is 0 Å². The summed E-state index contributed by atoms with van der Waals surface area (Å²) in [5.74, 6) is 0.281. The Kier molecular flexibility index (Phi) is 7.45. The molecule has 0 saturated carbocycles. The quantitative estimate of drug-likeness (QED) is 0.635. The summed E-state index contributed by atoms with van der Waals surface area (Å²) >= 11 is 0. The van der Waals surface area contributed by atoms with Gasteiger partial charge in [0.1, 0.15) is 11.6 Å². The summed E-state index contributed by atoms with van der Waals surface area (Å²) in [5, 5.41) is 0. The predicted octanol–water partition coefficient (Wildman–Crippen LogP) is 4.36. The second-order valence-electron chi connectivity index (χ2n) is 10.3. The highest BCUT2D eigenvalue weighted by atomic mass is 19.1. The van der Waals surface area contributed by atoms with Gasteiger partial charge in [0, 0.05) is 25.0 Å². The van der Waals surface area contributed by atoms with Gasteiger partial charge in [-0.25, -0.2) is 4.39 Å². The normalized spacial score (nSPS) is 19.2. The van der Waals surface area contributed by atoms with Crippen molar-refractivity contribution in [3.63, 3.8) is 0 Å². The molecular weight excluding hydrogens is 447 g/mol. The SMILES string of the molecule is CC[C@H](Oc1ccc2c(c1)[C@H](c1ccc(F)cc1)N(C(=O)C(C)(C)C)CC2)C(=O)N1CCOCC1. The molecule has 0 aromatic heterocycles. The smallest absolute Gasteiger partial charge is 0.263 e. The first kappa shape index (κ1) is 25.2. The number of fused-ring (bicyclic) bond motifs is 1. The van der Waals surface area contributed by atoms with Crippen LogP contribution in [0, 0.1) is 11.2 Å². The molecule has 0 bridgehead atoms. The minimum Gasteiger partial charge on any atom is -0.481 e. The van der Waals surface area contributed by atoms with E-state index in [1.165, 1.54) is 12.1 Å². The van der Waals surface area contributed by atoms with Gasteiger partial charge in [0.2, 0.25) is 5.91 Å². The molecular formula is C28H35FN2O4. The topological polar surface area (TPSA) is 59.1 Å². The van der Waals surface area contributed by atoms with Crippen LogP contribution >= 0.6 is 0 Å². The summed E-state index contributed by atoms with van der Waals surface area (Å²) in [6, 6.07) is 11.8. The van der Waals surface area contributed by atoms with Crippen LogP contribution in [-0.4, -0.2) is 60.6 Å². The summed E-state index contributed by atoms with van der Waals surface area (Å²) in [7, 11) is 0. The van der Waals surface area contributed by atoms with Gasteiger partial charge in [-0.15, -0.1) is 0 Å². The van der Waals surface area contributed by atoms with Crippen molar-refractivity contribution in [2.24, 2.45) is 5.41 Å². The van der Waals surface area contributed by atoms with Gasteiger partial charge in [0.25, 0.3) is 5.91 Å². The number of nitrogens with zero attached hydrogens (tertiary/aromatic N) is 2. The number of benzene rings is 2. The number of halogens is 1. The maximum Gasteiger partial charge on any atom is 0.263 e. The summed E-state index contributed by atoms with van der Waals surface area (Å²) in [6.07, 6.45) is 0.675. The molecule has 4 rings (SSSR count). The maximum absolute atomic E-state index is 13.7. The zero-order valence-electron chi connectivity index (χ0n) is 21.1. The first-order chi connectivity index (χ1) is 16.7. The van der Waals surface area contributed by atoms with Gasteiger partial charge in [0.05, 0.1) is 19.3 Å². The second kappa shape index (κ2) is 10.4. The minimum atomic E-state index is -0.591. The van der Waals surface area contributed by atoms with Crippen molar-refractivity contribution in [1.82, 2.24) is 9.80 Å². The van der Waals surface area contributed by atoms with Crippen LogP contribution in [0.2, 0.25) is 0 Å². The molecule has 2 aromatic rings. The molecule has 35 heavy (non-hydrogen) atoms. The Balaban J connectivity index is 1.67. The number of ether oxygens (including phenoxy) is 2. The van der Waals surface area contributed by atoms with Crippen LogP contribution in [0.25, 0.3) is 0 Å². The lowest BCUT2D eigenvalue weighted by atomic mass is 9.85. The molecule has 0 aliphatic carbocycles. The summed E-state index contributed by atoms with van der Waals surface area (Å²) in [5.41, 5.74) is 2.37.